The smallest absolute Gasteiger partial charge is 0.546 e. The van der Waals surface area contributed by atoms with Crippen molar-refractivity contribution >= 4 is 133 Å². The number of carboxylic acids is 2. The molecule has 15 rings (SSSR count). The van der Waals surface area contributed by atoms with E-state index in [0.717, 1.165) is 87.5 Å². The van der Waals surface area contributed by atoms with Crippen molar-refractivity contribution in [2.75, 3.05) is 26.9 Å². The van der Waals surface area contributed by atoms with Crippen molar-refractivity contribution in [1.29, 1.82) is 0 Å². The number of hydrogen-bond donors (Lipinski definition) is 4. The SMILES string of the molecule is COC(=O)COc1c2ccccc2cc2c1c1c(C(N)=O)cccc1n2Cc1ccccc1.NC(=O)c1cccc2c1c1c(OCC(=O)O)c3ccccc3cc1n2Cc1ccccc1.NC(=O)c1cccc2c1c1c(OCC(=O)[O-])c3ccccc3cc1n2Cc1ccccc1.[Na+]. The van der Waals surface area contributed by atoms with Gasteiger partial charge in [0.25, 0.3) is 0 Å². The summed E-state index contributed by atoms with van der Waals surface area (Å²) in [6.45, 7) is 0.378. The van der Waals surface area contributed by atoms with Gasteiger partial charge in [-0.05, 0) is 87.4 Å². The van der Waals surface area contributed by atoms with Gasteiger partial charge in [-0.1, -0.05) is 182 Å². The van der Waals surface area contributed by atoms with Gasteiger partial charge >= 0.3 is 41.5 Å². The summed E-state index contributed by atoms with van der Waals surface area (Å²) in [5.74, 6) is -3.16. The van der Waals surface area contributed by atoms with Crippen LogP contribution in [0.5, 0.6) is 17.2 Å². The standard InChI is InChI=1S/C27H22N2O4.2C26H20N2O4.Na/c1-32-23(30)16-33-26-19-11-6-5-10-18(19)14-22-25(26)24-20(27(28)31)12-7-13-21(24)29(22)15-17-8-3-2-4-9-17;2*27-26(31)19-11-6-12-20-23(19)24-21(28(20)14-16-7-2-1-3-8-16)13-17-9-4-5-10-18(17)25(24)32-15-22(29)30;/h2-14H,15-16H2,1H3,(H2,28,31);2*1-13H,14-15H2,(H2,27,31)(H,29,30);/q;;;+1/p-1. The number of esters is 1. The van der Waals surface area contributed by atoms with Gasteiger partial charge in [-0.15, -0.1) is 0 Å². The minimum absolute atomic E-state index is 0. The van der Waals surface area contributed by atoms with E-state index in [1.807, 2.05) is 188 Å². The Morgan fingerprint density at radius 3 is 0.959 bits per heavy atom. The van der Waals surface area contributed by atoms with E-state index in [4.69, 9.17) is 36.1 Å². The average molecular weight is 1310 g/mol. The molecule has 0 aliphatic carbocycles. The van der Waals surface area contributed by atoms with Crippen LogP contribution in [0.15, 0.2) is 237 Å². The van der Waals surface area contributed by atoms with E-state index in [0.29, 0.717) is 80.5 Å². The minimum atomic E-state index is -1.32. The molecule has 0 aliphatic rings. The maximum atomic E-state index is 12.4. The third-order valence-corrected chi connectivity index (χ3v) is 17.1. The molecular formula is C79H61N6NaO12. The molecule has 0 fully saturated rings. The van der Waals surface area contributed by atoms with Gasteiger partial charge in [0.2, 0.25) is 17.7 Å². The number of ether oxygens (including phenoxy) is 4. The maximum Gasteiger partial charge on any atom is 1.00 e. The molecule has 3 amide bonds. The number of fused-ring (bicyclic) bond motifs is 12. The predicted octanol–water partition coefficient (Wildman–Crippen LogP) is 9.43. The molecule has 18 nitrogen and oxygen atoms in total. The fraction of sp³-hybridized carbons (Fsp3) is 0.0886. The van der Waals surface area contributed by atoms with Gasteiger partial charge in [-0.25, -0.2) is 9.59 Å². The number of hydrogen-bond acceptors (Lipinski definition) is 11. The van der Waals surface area contributed by atoms with Crippen molar-refractivity contribution in [3.63, 3.8) is 0 Å². The van der Waals surface area contributed by atoms with Crippen LogP contribution < -0.4 is 66.1 Å². The molecular weight excluding hydrogens is 1250 g/mol. The number of aromatic nitrogens is 3. The van der Waals surface area contributed by atoms with Crippen molar-refractivity contribution in [1.82, 2.24) is 13.7 Å². The molecule has 3 aromatic heterocycles. The number of benzene rings is 12. The molecule has 0 radical (unpaired) electrons. The number of methoxy groups -OCH3 is 1. The van der Waals surface area contributed by atoms with E-state index >= 15 is 0 Å². The Morgan fingerprint density at radius 1 is 0.367 bits per heavy atom. The van der Waals surface area contributed by atoms with Crippen LogP contribution >= 0.6 is 0 Å². The number of carbonyl (C=O) groups is 6. The molecule has 0 saturated carbocycles. The largest absolute Gasteiger partial charge is 1.00 e. The van der Waals surface area contributed by atoms with E-state index in [1.165, 1.54) is 7.11 Å². The number of rotatable bonds is 18. The zero-order valence-corrected chi connectivity index (χ0v) is 55.3. The number of carboxylic acid groups (broad SMARTS) is 2. The number of amides is 3. The monoisotopic (exact) mass is 1310 g/mol. The van der Waals surface area contributed by atoms with Gasteiger partial charge in [0, 0.05) is 68.6 Å². The number of aliphatic carboxylic acids is 2. The Kier molecular flexibility index (Phi) is 19.3. The molecule has 0 aliphatic heterocycles. The minimum Gasteiger partial charge on any atom is -0.546 e. The van der Waals surface area contributed by atoms with Gasteiger partial charge < -0.3 is 64.9 Å². The fourth-order valence-electron chi connectivity index (χ4n) is 13.1. The molecule has 7 N–H and O–H groups in total. The second-order valence-electron chi connectivity index (χ2n) is 23.1. The number of nitrogens with two attached hydrogens (primary N) is 3. The molecule has 0 atom stereocenters. The molecule has 0 unspecified atom stereocenters. The van der Waals surface area contributed by atoms with Crippen LogP contribution in [-0.2, 0) is 38.8 Å². The summed E-state index contributed by atoms with van der Waals surface area (Å²) in [6, 6.07) is 75.6. The Balaban J connectivity index is 0.000000139. The molecule has 480 valence electrons. The first kappa shape index (κ1) is 66.1. The summed E-state index contributed by atoms with van der Waals surface area (Å²) >= 11 is 0. The molecule has 98 heavy (non-hydrogen) atoms. The number of nitrogens with zero attached hydrogens (tertiary/aromatic N) is 3. The molecule has 12 aromatic carbocycles. The van der Waals surface area contributed by atoms with Gasteiger partial charge in [0.15, 0.2) is 13.2 Å². The fourth-order valence-corrected chi connectivity index (χ4v) is 13.1. The summed E-state index contributed by atoms with van der Waals surface area (Å²) in [6.07, 6.45) is 0. The second kappa shape index (κ2) is 28.6. The topological polar surface area (TPSA) is 275 Å². The Morgan fingerprint density at radius 2 is 0.663 bits per heavy atom. The zero-order valence-electron chi connectivity index (χ0n) is 53.3. The summed E-state index contributed by atoms with van der Waals surface area (Å²) in [4.78, 5) is 71.5. The summed E-state index contributed by atoms with van der Waals surface area (Å²) < 4.78 is 28.8. The van der Waals surface area contributed by atoms with Crippen LogP contribution in [0.4, 0.5) is 0 Å². The van der Waals surface area contributed by atoms with Crippen molar-refractivity contribution in [3.8, 4) is 17.2 Å². The Labute approximate surface area is 581 Å². The van der Waals surface area contributed by atoms with Crippen LogP contribution in [0.3, 0.4) is 0 Å². The number of primary amides is 3. The first-order valence-electron chi connectivity index (χ1n) is 30.9. The summed E-state index contributed by atoms with van der Waals surface area (Å²) in [5.41, 5.74) is 26.7. The summed E-state index contributed by atoms with van der Waals surface area (Å²) in [5, 5.41) is 29.7. The van der Waals surface area contributed by atoms with Gasteiger partial charge in [-0.2, -0.15) is 0 Å². The quantitative estimate of drug-likeness (QED) is 0.0462. The normalized spacial score (nSPS) is 11.1. The van der Waals surface area contributed by atoms with Crippen molar-refractivity contribution in [2.45, 2.75) is 19.6 Å². The van der Waals surface area contributed by atoms with E-state index in [9.17, 15) is 39.0 Å². The van der Waals surface area contributed by atoms with Crippen molar-refractivity contribution in [2.24, 2.45) is 17.2 Å². The molecule has 0 spiro atoms. The van der Waals surface area contributed by atoms with E-state index < -0.39 is 48.8 Å². The van der Waals surface area contributed by atoms with Crippen LogP contribution in [-0.4, -0.2) is 81.4 Å². The third-order valence-electron chi connectivity index (χ3n) is 17.1. The predicted molar refractivity (Wildman–Crippen MR) is 374 cm³/mol. The van der Waals surface area contributed by atoms with E-state index in [-0.39, 0.29) is 36.2 Å². The van der Waals surface area contributed by atoms with Gasteiger partial charge in [0.1, 0.15) is 23.9 Å². The van der Waals surface area contributed by atoms with Gasteiger partial charge in [-0.3, -0.25) is 14.4 Å². The first-order valence-corrected chi connectivity index (χ1v) is 30.9. The molecule has 0 saturated heterocycles. The van der Waals surface area contributed by atoms with Crippen LogP contribution in [0.1, 0.15) is 47.8 Å². The second-order valence-corrected chi connectivity index (χ2v) is 23.1. The van der Waals surface area contributed by atoms with E-state index in [2.05, 4.69) is 31.9 Å². The van der Waals surface area contributed by atoms with Crippen LogP contribution in [0, 0.1) is 0 Å². The van der Waals surface area contributed by atoms with Crippen LogP contribution in [0.2, 0.25) is 0 Å². The molecule has 15 aromatic rings. The van der Waals surface area contributed by atoms with Crippen LogP contribution in [0.25, 0.3) is 97.7 Å². The van der Waals surface area contributed by atoms with Crippen molar-refractivity contribution in [3.05, 3.63) is 270 Å². The number of carbonyl (C=O) groups excluding carboxylic acids is 5. The maximum absolute atomic E-state index is 12.4. The van der Waals surface area contributed by atoms with E-state index in [1.54, 1.807) is 30.3 Å². The van der Waals surface area contributed by atoms with Crippen molar-refractivity contribution < 1.29 is 87.5 Å². The average Bonchev–Trinajstić information content (AvgIpc) is 1.58. The third kappa shape index (κ3) is 12.9. The first-order chi connectivity index (χ1) is 47.2. The Bertz CT molecular complexity index is 5400. The summed E-state index contributed by atoms with van der Waals surface area (Å²) in [7, 11) is 1.32. The Hall–Kier alpha value is -12.0. The molecule has 0 bridgehead atoms. The molecule has 19 heteroatoms. The van der Waals surface area contributed by atoms with Gasteiger partial charge in [0.05, 0.1) is 62.3 Å². The zero-order chi connectivity index (χ0) is 67.4. The molecule has 3 heterocycles.